The van der Waals surface area contributed by atoms with Gasteiger partial charge in [0.2, 0.25) is 5.78 Å². The monoisotopic (exact) mass is 395 g/mol. The Hall–Kier alpha value is -3.28. The number of fused-ring (bicyclic) bond motifs is 1. The number of nitrogens with one attached hydrogen (secondary N) is 1. The lowest BCUT2D eigenvalue weighted by Crippen LogP contribution is -2.14. The fraction of sp³-hybridized carbons (Fsp3) is 0.304. The highest BCUT2D eigenvalue weighted by molar-refractivity contribution is 6.09. The summed E-state index contributed by atoms with van der Waals surface area (Å²) in [5.74, 6) is 0.692. The molecule has 0 atom stereocenters. The first-order valence-electron chi connectivity index (χ1n) is 9.57. The first-order chi connectivity index (χ1) is 14.0. The molecule has 0 aliphatic heterocycles. The zero-order valence-corrected chi connectivity index (χ0v) is 16.9. The van der Waals surface area contributed by atoms with Crippen LogP contribution in [-0.4, -0.2) is 37.1 Å². The normalized spacial score (nSPS) is 10.9. The van der Waals surface area contributed by atoms with Crippen LogP contribution in [0.3, 0.4) is 0 Å². The number of esters is 1. The molecule has 2 aromatic carbocycles. The van der Waals surface area contributed by atoms with Crippen molar-refractivity contribution in [3.8, 4) is 11.5 Å². The minimum atomic E-state index is -0.592. The SMILES string of the molecule is COc1cc(C(=O)OCC(=O)c2c[nH]c3ccccc23)ccc1OCCC(C)C. The van der Waals surface area contributed by atoms with Gasteiger partial charge in [0, 0.05) is 22.7 Å². The minimum absolute atomic E-state index is 0.267. The van der Waals surface area contributed by atoms with Gasteiger partial charge in [-0.1, -0.05) is 32.0 Å². The second-order valence-corrected chi connectivity index (χ2v) is 7.14. The van der Waals surface area contributed by atoms with Gasteiger partial charge in [-0.15, -0.1) is 0 Å². The zero-order valence-electron chi connectivity index (χ0n) is 16.9. The Kier molecular flexibility index (Phi) is 6.54. The first kappa shape index (κ1) is 20.5. The van der Waals surface area contributed by atoms with Crippen molar-refractivity contribution in [1.29, 1.82) is 0 Å². The van der Waals surface area contributed by atoms with E-state index in [0.717, 1.165) is 17.3 Å². The van der Waals surface area contributed by atoms with Crippen molar-refractivity contribution in [2.45, 2.75) is 20.3 Å². The van der Waals surface area contributed by atoms with E-state index in [4.69, 9.17) is 14.2 Å². The average Bonchev–Trinajstić information content (AvgIpc) is 3.16. The van der Waals surface area contributed by atoms with E-state index in [1.54, 1.807) is 24.4 Å². The third-order valence-electron chi connectivity index (χ3n) is 4.58. The predicted molar refractivity (Wildman–Crippen MR) is 111 cm³/mol. The second-order valence-electron chi connectivity index (χ2n) is 7.14. The van der Waals surface area contributed by atoms with Gasteiger partial charge in [0.1, 0.15) is 0 Å². The van der Waals surface area contributed by atoms with Crippen LogP contribution in [0.1, 0.15) is 41.0 Å². The fourth-order valence-electron chi connectivity index (χ4n) is 2.91. The van der Waals surface area contributed by atoms with Crippen LogP contribution >= 0.6 is 0 Å². The summed E-state index contributed by atoms with van der Waals surface area (Å²) in [4.78, 5) is 27.9. The topological polar surface area (TPSA) is 77.6 Å². The van der Waals surface area contributed by atoms with Gasteiger partial charge >= 0.3 is 5.97 Å². The Morgan fingerprint density at radius 2 is 1.86 bits per heavy atom. The van der Waals surface area contributed by atoms with Gasteiger partial charge in [-0.25, -0.2) is 4.79 Å². The number of benzene rings is 2. The minimum Gasteiger partial charge on any atom is -0.493 e. The number of Topliss-reactive ketones (excluding diaryl/α,β-unsaturated/α-hetero) is 1. The number of ether oxygens (including phenoxy) is 3. The van der Waals surface area contributed by atoms with Crippen LogP contribution in [0.2, 0.25) is 0 Å². The smallest absolute Gasteiger partial charge is 0.338 e. The molecule has 0 spiro atoms. The number of carbonyl (C=O) groups excluding carboxylic acids is 2. The number of carbonyl (C=O) groups is 2. The van der Waals surface area contributed by atoms with Crippen LogP contribution < -0.4 is 9.47 Å². The van der Waals surface area contributed by atoms with Crippen molar-refractivity contribution in [3.63, 3.8) is 0 Å². The molecular weight excluding hydrogens is 370 g/mol. The maximum atomic E-state index is 12.5. The van der Waals surface area contributed by atoms with Crippen LogP contribution in [0, 0.1) is 5.92 Å². The zero-order chi connectivity index (χ0) is 20.8. The van der Waals surface area contributed by atoms with Crippen LogP contribution in [-0.2, 0) is 4.74 Å². The quantitative estimate of drug-likeness (QED) is 0.422. The molecule has 3 aromatic rings. The number of H-pyrrole nitrogens is 1. The van der Waals surface area contributed by atoms with E-state index < -0.39 is 5.97 Å². The number of aromatic amines is 1. The van der Waals surface area contributed by atoms with Crippen LogP contribution in [0.4, 0.5) is 0 Å². The number of aromatic nitrogens is 1. The van der Waals surface area contributed by atoms with E-state index in [9.17, 15) is 9.59 Å². The van der Waals surface area contributed by atoms with Crippen molar-refractivity contribution in [3.05, 3.63) is 59.8 Å². The van der Waals surface area contributed by atoms with E-state index in [1.807, 2.05) is 24.3 Å². The third-order valence-corrected chi connectivity index (χ3v) is 4.58. The Morgan fingerprint density at radius 1 is 1.07 bits per heavy atom. The summed E-state index contributed by atoms with van der Waals surface area (Å²) in [6.07, 6.45) is 2.55. The maximum Gasteiger partial charge on any atom is 0.338 e. The van der Waals surface area contributed by atoms with Crippen LogP contribution in [0.15, 0.2) is 48.7 Å². The molecule has 29 heavy (non-hydrogen) atoms. The van der Waals surface area contributed by atoms with E-state index in [1.165, 1.54) is 7.11 Å². The molecule has 1 aromatic heterocycles. The summed E-state index contributed by atoms with van der Waals surface area (Å²) < 4.78 is 16.3. The molecule has 6 nitrogen and oxygen atoms in total. The molecule has 0 radical (unpaired) electrons. The van der Waals surface area contributed by atoms with Gasteiger partial charge in [-0.2, -0.15) is 0 Å². The van der Waals surface area contributed by atoms with Crippen molar-refractivity contribution in [2.24, 2.45) is 5.92 Å². The highest BCUT2D eigenvalue weighted by Crippen LogP contribution is 2.29. The van der Waals surface area contributed by atoms with Gasteiger partial charge in [0.25, 0.3) is 0 Å². The van der Waals surface area contributed by atoms with E-state index >= 15 is 0 Å². The first-order valence-corrected chi connectivity index (χ1v) is 9.57. The molecule has 0 amide bonds. The van der Waals surface area contributed by atoms with E-state index in [-0.39, 0.29) is 12.4 Å². The molecule has 0 fully saturated rings. The Morgan fingerprint density at radius 3 is 2.62 bits per heavy atom. The van der Waals surface area contributed by atoms with Crippen molar-refractivity contribution in [1.82, 2.24) is 4.98 Å². The van der Waals surface area contributed by atoms with E-state index in [0.29, 0.717) is 35.2 Å². The molecule has 0 saturated heterocycles. The van der Waals surface area contributed by atoms with Gasteiger partial charge in [-0.3, -0.25) is 4.79 Å². The van der Waals surface area contributed by atoms with Crippen molar-refractivity contribution >= 4 is 22.7 Å². The van der Waals surface area contributed by atoms with Crippen molar-refractivity contribution < 1.29 is 23.8 Å². The summed E-state index contributed by atoms with van der Waals surface area (Å²) in [5.41, 5.74) is 1.66. The largest absolute Gasteiger partial charge is 0.493 e. The number of hydrogen-bond acceptors (Lipinski definition) is 5. The highest BCUT2D eigenvalue weighted by atomic mass is 16.5. The summed E-state index contributed by atoms with van der Waals surface area (Å²) in [6, 6.07) is 12.3. The molecule has 0 aliphatic carbocycles. The lowest BCUT2D eigenvalue weighted by atomic mass is 10.1. The van der Waals surface area contributed by atoms with E-state index in [2.05, 4.69) is 18.8 Å². The van der Waals surface area contributed by atoms with Gasteiger partial charge in [0.05, 0.1) is 19.3 Å². The summed E-state index contributed by atoms with van der Waals surface area (Å²) in [6.45, 7) is 4.47. The third kappa shape index (κ3) is 4.96. The van der Waals surface area contributed by atoms with Crippen molar-refractivity contribution in [2.75, 3.05) is 20.3 Å². The molecule has 1 N–H and O–H groups in total. The lowest BCUT2D eigenvalue weighted by Gasteiger charge is -2.13. The van der Waals surface area contributed by atoms with Gasteiger partial charge in [0.15, 0.2) is 18.1 Å². The Balaban J connectivity index is 1.63. The summed E-state index contributed by atoms with van der Waals surface area (Å²) in [5, 5.41) is 0.804. The Bertz CT molecular complexity index is 1010. The summed E-state index contributed by atoms with van der Waals surface area (Å²) in [7, 11) is 1.51. The van der Waals surface area contributed by atoms with Gasteiger partial charge in [-0.05, 0) is 36.6 Å². The molecule has 0 unspecified atom stereocenters. The maximum absolute atomic E-state index is 12.5. The number of ketones is 1. The molecule has 6 heteroatoms. The lowest BCUT2D eigenvalue weighted by molar-refractivity contribution is 0.0475. The van der Waals surface area contributed by atoms with Crippen LogP contribution in [0.5, 0.6) is 11.5 Å². The molecule has 0 saturated carbocycles. The molecule has 1 heterocycles. The number of rotatable bonds is 9. The number of hydrogen-bond donors (Lipinski definition) is 1. The van der Waals surface area contributed by atoms with Crippen LogP contribution in [0.25, 0.3) is 10.9 Å². The van der Waals surface area contributed by atoms with Gasteiger partial charge < -0.3 is 19.2 Å². The molecule has 3 rings (SSSR count). The standard InChI is InChI=1S/C23H25NO5/c1-15(2)10-11-28-21-9-8-16(12-22(21)27-3)23(26)29-14-20(25)18-13-24-19-7-5-4-6-17(18)19/h4-9,12-13,15,24H,10-11,14H2,1-3H3. The Labute approximate surface area is 169 Å². The number of para-hydroxylation sites is 1. The highest BCUT2D eigenvalue weighted by Gasteiger charge is 2.17. The summed E-state index contributed by atoms with van der Waals surface area (Å²) >= 11 is 0. The predicted octanol–water partition coefficient (Wildman–Crippen LogP) is 4.64. The molecular formula is C23H25NO5. The average molecular weight is 395 g/mol. The molecule has 152 valence electrons. The fourth-order valence-corrected chi connectivity index (χ4v) is 2.91. The second kappa shape index (κ2) is 9.28. The molecule has 0 aliphatic rings. The molecule has 0 bridgehead atoms. The number of methoxy groups -OCH3 is 1.